The van der Waals surface area contributed by atoms with Crippen molar-refractivity contribution in [2.45, 2.75) is 25.3 Å². The molecule has 1 N–H and O–H groups in total. The summed E-state index contributed by atoms with van der Waals surface area (Å²) in [6, 6.07) is 7.55. The average Bonchev–Trinajstić information content (AvgIpc) is 2.47. The minimum atomic E-state index is -0.0123. The van der Waals surface area contributed by atoms with Crippen molar-refractivity contribution < 1.29 is 9.59 Å². The number of nitrogens with zero attached hydrogens (tertiary/aromatic N) is 1. The Kier molecular flexibility index (Phi) is 6.06. The normalized spacial score (nSPS) is 15.8. The third-order valence-electron chi connectivity index (χ3n) is 3.54. The van der Waals surface area contributed by atoms with Gasteiger partial charge in [0.2, 0.25) is 5.91 Å². The van der Waals surface area contributed by atoms with Gasteiger partial charge in [0, 0.05) is 41.5 Å². The molecule has 1 saturated heterocycles. The van der Waals surface area contributed by atoms with Crippen LogP contribution in [0, 0.1) is 0 Å². The van der Waals surface area contributed by atoms with Gasteiger partial charge in [0.05, 0.1) is 0 Å². The molecule has 0 aliphatic carbocycles. The summed E-state index contributed by atoms with van der Waals surface area (Å²) in [6.07, 6.45) is 1.92. The second-order valence-electron chi connectivity index (χ2n) is 5.08. The van der Waals surface area contributed by atoms with Crippen LogP contribution in [0.1, 0.15) is 29.6 Å². The van der Waals surface area contributed by atoms with E-state index in [1.807, 2.05) is 29.2 Å². The second-order valence-corrected chi connectivity index (χ2v) is 6.38. The number of alkyl halides is 1. The zero-order chi connectivity index (χ0) is 15.2. The van der Waals surface area contributed by atoms with Crippen LogP contribution in [0.3, 0.4) is 0 Å². The van der Waals surface area contributed by atoms with Crippen molar-refractivity contribution in [1.29, 1.82) is 0 Å². The van der Waals surface area contributed by atoms with Crippen LogP contribution in [0.25, 0.3) is 0 Å². The summed E-state index contributed by atoms with van der Waals surface area (Å²) in [4.78, 5) is 25.7. The summed E-state index contributed by atoms with van der Waals surface area (Å²) in [7, 11) is 0. The highest BCUT2D eigenvalue weighted by molar-refractivity contribution is 9.10. The number of amides is 2. The van der Waals surface area contributed by atoms with Gasteiger partial charge in [0.15, 0.2) is 0 Å². The molecule has 21 heavy (non-hydrogen) atoms. The summed E-state index contributed by atoms with van der Waals surface area (Å²) in [5, 5.41) is 2.96. The first-order valence-electron chi connectivity index (χ1n) is 7.00. The Morgan fingerprint density at radius 1 is 1.33 bits per heavy atom. The smallest absolute Gasteiger partial charge is 0.253 e. The van der Waals surface area contributed by atoms with Crippen molar-refractivity contribution in [2.75, 3.05) is 19.0 Å². The topological polar surface area (TPSA) is 49.4 Å². The SMILES string of the molecule is O=C(CCCl)NC1CCN(C(=O)c2cccc(Br)c2)CC1. The molecule has 0 bridgehead atoms. The monoisotopic (exact) mass is 372 g/mol. The maximum absolute atomic E-state index is 12.4. The fourth-order valence-electron chi connectivity index (χ4n) is 2.42. The van der Waals surface area contributed by atoms with Gasteiger partial charge < -0.3 is 10.2 Å². The molecule has 0 saturated carbocycles. The maximum Gasteiger partial charge on any atom is 0.253 e. The van der Waals surface area contributed by atoms with Crippen LogP contribution in [0.4, 0.5) is 0 Å². The van der Waals surface area contributed by atoms with Gasteiger partial charge in [-0.3, -0.25) is 9.59 Å². The van der Waals surface area contributed by atoms with Crippen LogP contribution in [0.2, 0.25) is 0 Å². The highest BCUT2D eigenvalue weighted by Crippen LogP contribution is 2.17. The van der Waals surface area contributed by atoms with E-state index in [1.54, 1.807) is 0 Å². The van der Waals surface area contributed by atoms with E-state index in [9.17, 15) is 9.59 Å². The lowest BCUT2D eigenvalue weighted by molar-refractivity contribution is -0.121. The number of carbonyl (C=O) groups is 2. The number of benzene rings is 1. The lowest BCUT2D eigenvalue weighted by Gasteiger charge is -2.32. The molecule has 1 aliphatic heterocycles. The van der Waals surface area contributed by atoms with Crippen LogP contribution in [0.5, 0.6) is 0 Å². The summed E-state index contributed by atoms with van der Waals surface area (Å²) >= 11 is 8.92. The van der Waals surface area contributed by atoms with Crippen molar-refractivity contribution >= 4 is 39.3 Å². The van der Waals surface area contributed by atoms with E-state index in [0.29, 0.717) is 31.0 Å². The van der Waals surface area contributed by atoms with E-state index in [-0.39, 0.29) is 17.9 Å². The molecule has 4 nitrogen and oxygen atoms in total. The molecule has 1 fully saturated rings. The molecule has 0 aromatic heterocycles. The minimum Gasteiger partial charge on any atom is -0.353 e. The third-order valence-corrected chi connectivity index (χ3v) is 4.22. The van der Waals surface area contributed by atoms with Crippen LogP contribution in [-0.2, 0) is 4.79 Å². The van der Waals surface area contributed by atoms with E-state index < -0.39 is 0 Å². The number of carbonyl (C=O) groups excluding carboxylic acids is 2. The molecule has 2 rings (SSSR count). The molecule has 1 aliphatic rings. The van der Waals surface area contributed by atoms with E-state index in [1.165, 1.54) is 0 Å². The lowest BCUT2D eigenvalue weighted by atomic mass is 10.0. The van der Waals surface area contributed by atoms with E-state index >= 15 is 0 Å². The molecule has 1 aromatic carbocycles. The van der Waals surface area contributed by atoms with Gasteiger partial charge in [0.25, 0.3) is 5.91 Å². The number of halogens is 2. The molecule has 0 spiro atoms. The molecule has 0 unspecified atom stereocenters. The Bertz CT molecular complexity index is 516. The fourth-order valence-corrected chi connectivity index (χ4v) is 2.99. The first kappa shape index (κ1) is 16.3. The van der Waals surface area contributed by atoms with Gasteiger partial charge in [-0.05, 0) is 31.0 Å². The van der Waals surface area contributed by atoms with Gasteiger partial charge >= 0.3 is 0 Å². The Hall–Kier alpha value is -1.07. The molecule has 1 heterocycles. The Morgan fingerprint density at radius 3 is 2.67 bits per heavy atom. The molecule has 0 atom stereocenters. The fraction of sp³-hybridized carbons (Fsp3) is 0.467. The molecule has 1 aromatic rings. The van der Waals surface area contributed by atoms with Crippen molar-refractivity contribution in [3.63, 3.8) is 0 Å². The molecule has 0 radical (unpaired) electrons. The Labute approximate surface area is 138 Å². The maximum atomic E-state index is 12.4. The first-order valence-corrected chi connectivity index (χ1v) is 8.33. The summed E-state index contributed by atoms with van der Waals surface area (Å²) < 4.78 is 0.900. The van der Waals surface area contributed by atoms with Gasteiger partial charge in [-0.2, -0.15) is 0 Å². The van der Waals surface area contributed by atoms with E-state index in [4.69, 9.17) is 11.6 Å². The second kappa shape index (κ2) is 7.80. The Balaban J connectivity index is 1.86. The third kappa shape index (κ3) is 4.71. The van der Waals surface area contributed by atoms with E-state index in [2.05, 4.69) is 21.2 Å². The van der Waals surface area contributed by atoms with Crippen molar-refractivity contribution in [3.8, 4) is 0 Å². The number of piperidine rings is 1. The lowest BCUT2D eigenvalue weighted by Crippen LogP contribution is -2.46. The van der Waals surface area contributed by atoms with Crippen LogP contribution < -0.4 is 5.32 Å². The molecule has 6 heteroatoms. The number of nitrogens with one attached hydrogen (secondary N) is 1. The summed E-state index contributed by atoms with van der Waals surface area (Å²) in [5.74, 6) is 0.370. The molecular weight excluding hydrogens is 356 g/mol. The zero-order valence-corrected chi connectivity index (χ0v) is 14.0. The summed E-state index contributed by atoms with van der Waals surface area (Å²) in [6.45, 7) is 1.33. The zero-order valence-electron chi connectivity index (χ0n) is 11.6. The number of likely N-dealkylation sites (tertiary alicyclic amines) is 1. The first-order chi connectivity index (χ1) is 10.1. The molecule has 114 valence electrons. The predicted octanol–water partition coefficient (Wildman–Crippen LogP) is 2.80. The highest BCUT2D eigenvalue weighted by Gasteiger charge is 2.24. The number of rotatable bonds is 4. The van der Waals surface area contributed by atoms with Gasteiger partial charge in [0.1, 0.15) is 0 Å². The highest BCUT2D eigenvalue weighted by atomic mass is 79.9. The van der Waals surface area contributed by atoms with Gasteiger partial charge in [-0.25, -0.2) is 0 Å². The van der Waals surface area contributed by atoms with Crippen molar-refractivity contribution in [2.24, 2.45) is 0 Å². The predicted molar refractivity (Wildman–Crippen MR) is 86.5 cm³/mol. The van der Waals surface area contributed by atoms with Gasteiger partial charge in [-0.15, -0.1) is 11.6 Å². The van der Waals surface area contributed by atoms with Crippen molar-refractivity contribution in [1.82, 2.24) is 10.2 Å². The minimum absolute atomic E-state index is 0.0123. The average molecular weight is 374 g/mol. The van der Waals surface area contributed by atoms with Crippen molar-refractivity contribution in [3.05, 3.63) is 34.3 Å². The number of hydrogen-bond acceptors (Lipinski definition) is 2. The Morgan fingerprint density at radius 2 is 2.05 bits per heavy atom. The molecule has 2 amide bonds. The van der Waals surface area contributed by atoms with E-state index in [0.717, 1.165) is 17.3 Å². The largest absolute Gasteiger partial charge is 0.353 e. The van der Waals surface area contributed by atoms with Gasteiger partial charge in [-0.1, -0.05) is 22.0 Å². The van der Waals surface area contributed by atoms with Crippen LogP contribution in [-0.4, -0.2) is 41.7 Å². The number of hydrogen-bond donors (Lipinski definition) is 1. The molecular formula is C15H18BrClN2O2. The quantitative estimate of drug-likeness (QED) is 0.825. The van der Waals surface area contributed by atoms with Crippen LogP contribution in [0.15, 0.2) is 28.7 Å². The summed E-state index contributed by atoms with van der Waals surface area (Å²) in [5.41, 5.74) is 0.689. The standard InChI is InChI=1S/C15H18BrClN2O2/c16-12-3-1-2-11(10-12)15(21)19-8-5-13(6-9-19)18-14(20)4-7-17/h1-3,10,13H,4-9H2,(H,18,20). The van der Waals surface area contributed by atoms with Crippen LogP contribution >= 0.6 is 27.5 Å².